The van der Waals surface area contributed by atoms with E-state index in [2.05, 4.69) is 38.5 Å². The zero-order valence-corrected chi connectivity index (χ0v) is 10.2. The Morgan fingerprint density at radius 1 is 1.28 bits per heavy atom. The first-order chi connectivity index (χ1) is 8.78. The Morgan fingerprint density at radius 3 is 2.94 bits per heavy atom. The first kappa shape index (κ1) is 11.0. The van der Waals surface area contributed by atoms with E-state index in [0.29, 0.717) is 5.95 Å². The second-order valence-electron chi connectivity index (χ2n) is 4.37. The molecule has 0 saturated carbocycles. The quantitative estimate of drug-likeness (QED) is 0.619. The number of nitrogens with one attached hydrogen (secondary N) is 1. The Balaban J connectivity index is 2.04. The molecule has 2 aromatic rings. The second kappa shape index (κ2) is 4.27. The molecular formula is C13H15N5. The average molecular weight is 241 g/mol. The summed E-state index contributed by atoms with van der Waals surface area (Å²) in [7, 11) is 0. The third-order valence-electron chi connectivity index (χ3n) is 3.13. The molecule has 1 aromatic carbocycles. The van der Waals surface area contributed by atoms with Crippen LogP contribution in [0.4, 0.5) is 17.5 Å². The maximum atomic E-state index is 5.39. The third kappa shape index (κ3) is 1.78. The lowest BCUT2D eigenvalue weighted by Gasteiger charge is -2.19. The van der Waals surface area contributed by atoms with Crippen LogP contribution >= 0.6 is 0 Å². The Morgan fingerprint density at radius 2 is 2.11 bits per heavy atom. The van der Waals surface area contributed by atoms with Gasteiger partial charge in [-0.3, -0.25) is 5.43 Å². The molecular weight excluding hydrogens is 226 g/mol. The molecule has 0 atom stereocenters. The van der Waals surface area contributed by atoms with Crippen molar-refractivity contribution < 1.29 is 0 Å². The minimum atomic E-state index is 0.453. The number of aromatic nitrogens is 2. The van der Waals surface area contributed by atoms with Crippen LogP contribution in [0.3, 0.4) is 0 Å². The van der Waals surface area contributed by atoms with Gasteiger partial charge in [-0.25, -0.2) is 10.8 Å². The van der Waals surface area contributed by atoms with Crippen molar-refractivity contribution in [3.63, 3.8) is 0 Å². The summed E-state index contributed by atoms with van der Waals surface area (Å²) in [6.07, 6.45) is 1.05. The third-order valence-corrected chi connectivity index (χ3v) is 3.13. The lowest BCUT2D eigenvalue weighted by atomic mass is 10.2. The van der Waals surface area contributed by atoms with E-state index < -0.39 is 0 Å². The number of aryl methyl sites for hydroxylation is 1. The van der Waals surface area contributed by atoms with Crippen molar-refractivity contribution in [2.75, 3.05) is 16.9 Å². The molecule has 0 unspecified atom stereocenters. The van der Waals surface area contributed by atoms with Crippen LogP contribution in [-0.2, 0) is 6.42 Å². The van der Waals surface area contributed by atoms with Gasteiger partial charge in [0.05, 0.1) is 0 Å². The number of hydrogen-bond donors (Lipinski definition) is 2. The minimum Gasteiger partial charge on any atom is -0.326 e. The maximum Gasteiger partial charge on any atom is 0.239 e. The number of hydrogen-bond acceptors (Lipinski definition) is 5. The maximum absolute atomic E-state index is 5.39. The molecule has 0 radical (unpaired) electrons. The van der Waals surface area contributed by atoms with Crippen molar-refractivity contribution >= 4 is 17.5 Å². The zero-order chi connectivity index (χ0) is 12.5. The van der Waals surface area contributed by atoms with Crippen molar-refractivity contribution in [3.05, 3.63) is 41.6 Å². The van der Waals surface area contributed by atoms with Gasteiger partial charge in [-0.1, -0.05) is 18.2 Å². The summed E-state index contributed by atoms with van der Waals surface area (Å²) >= 11 is 0. The number of hydrazine groups is 1. The van der Waals surface area contributed by atoms with E-state index in [-0.39, 0.29) is 0 Å². The van der Waals surface area contributed by atoms with Crippen LogP contribution in [-0.4, -0.2) is 16.5 Å². The monoisotopic (exact) mass is 241 g/mol. The van der Waals surface area contributed by atoms with Gasteiger partial charge in [-0.15, -0.1) is 0 Å². The highest BCUT2D eigenvalue weighted by Crippen LogP contribution is 2.33. The molecule has 5 heteroatoms. The lowest BCUT2D eigenvalue weighted by molar-refractivity contribution is 0.954. The summed E-state index contributed by atoms with van der Waals surface area (Å²) in [5.41, 5.74) is 5.99. The second-order valence-corrected chi connectivity index (χ2v) is 4.37. The summed E-state index contributed by atoms with van der Waals surface area (Å²) in [4.78, 5) is 10.8. The van der Waals surface area contributed by atoms with Crippen molar-refractivity contribution in [2.45, 2.75) is 13.3 Å². The number of benzene rings is 1. The van der Waals surface area contributed by atoms with E-state index in [1.165, 1.54) is 11.3 Å². The number of rotatable bonds is 2. The van der Waals surface area contributed by atoms with Crippen LogP contribution in [0.5, 0.6) is 0 Å². The number of para-hydroxylation sites is 1. The van der Waals surface area contributed by atoms with Gasteiger partial charge in [0.1, 0.15) is 5.82 Å². The van der Waals surface area contributed by atoms with Crippen LogP contribution in [0.15, 0.2) is 30.3 Å². The van der Waals surface area contributed by atoms with Gasteiger partial charge in [0.2, 0.25) is 5.95 Å². The van der Waals surface area contributed by atoms with Gasteiger partial charge >= 0.3 is 0 Å². The Kier molecular flexibility index (Phi) is 2.60. The molecule has 0 fully saturated rings. The zero-order valence-electron chi connectivity index (χ0n) is 10.2. The van der Waals surface area contributed by atoms with Crippen LogP contribution in [0.25, 0.3) is 0 Å². The number of nitrogen functional groups attached to an aromatic ring is 1. The van der Waals surface area contributed by atoms with E-state index in [4.69, 9.17) is 5.84 Å². The molecule has 0 saturated heterocycles. The molecule has 1 aliphatic heterocycles. The summed E-state index contributed by atoms with van der Waals surface area (Å²) in [6.45, 7) is 2.88. The van der Waals surface area contributed by atoms with Gasteiger partial charge < -0.3 is 4.90 Å². The summed E-state index contributed by atoms with van der Waals surface area (Å²) < 4.78 is 0. The summed E-state index contributed by atoms with van der Waals surface area (Å²) in [5.74, 6) is 6.73. The predicted octanol–water partition coefficient (Wildman–Crippen LogP) is 1.76. The number of fused-ring (bicyclic) bond motifs is 1. The van der Waals surface area contributed by atoms with Crippen LogP contribution in [0.2, 0.25) is 0 Å². The molecule has 0 spiro atoms. The number of anilines is 3. The Bertz CT molecular complexity index is 581. The molecule has 5 nitrogen and oxygen atoms in total. The average Bonchev–Trinajstić information content (AvgIpc) is 2.81. The van der Waals surface area contributed by atoms with Gasteiger partial charge in [0.25, 0.3) is 0 Å². The molecule has 92 valence electrons. The van der Waals surface area contributed by atoms with Gasteiger partial charge in [0, 0.05) is 24.0 Å². The Labute approximate surface area is 106 Å². The molecule has 1 aromatic heterocycles. The molecule has 3 rings (SSSR count). The van der Waals surface area contributed by atoms with E-state index in [1.54, 1.807) is 0 Å². The van der Waals surface area contributed by atoms with E-state index >= 15 is 0 Å². The summed E-state index contributed by atoms with van der Waals surface area (Å²) in [5, 5.41) is 0. The molecule has 2 heterocycles. The van der Waals surface area contributed by atoms with Gasteiger partial charge in [-0.2, -0.15) is 4.98 Å². The highest BCUT2D eigenvalue weighted by atomic mass is 15.3. The fourth-order valence-corrected chi connectivity index (χ4v) is 2.33. The smallest absolute Gasteiger partial charge is 0.239 e. The highest BCUT2D eigenvalue weighted by Gasteiger charge is 2.21. The largest absolute Gasteiger partial charge is 0.326 e. The van der Waals surface area contributed by atoms with Crippen LogP contribution in [0.1, 0.15) is 11.3 Å². The summed E-state index contributed by atoms with van der Waals surface area (Å²) in [6, 6.07) is 10.4. The van der Waals surface area contributed by atoms with E-state index in [0.717, 1.165) is 24.5 Å². The van der Waals surface area contributed by atoms with Crippen molar-refractivity contribution in [3.8, 4) is 0 Å². The fourth-order valence-electron chi connectivity index (χ4n) is 2.33. The molecule has 18 heavy (non-hydrogen) atoms. The van der Waals surface area contributed by atoms with Crippen LogP contribution < -0.4 is 16.2 Å². The van der Waals surface area contributed by atoms with Crippen molar-refractivity contribution in [1.29, 1.82) is 0 Å². The van der Waals surface area contributed by atoms with Crippen molar-refractivity contribution in [1.82, 2.24) is 9.97 Å². The molecule has 0 aliphatic carbocycles. The van der Waals surface area contributed by atoms with Crippen LogP contribution in [0, 0.1) is 6.92 Å². The van der Waals surface area contributed by atoms with E-state index in [9.17, 15) is 0 Å². The predicted molar refractivity (Wildman–Crippen MR) is 71.7 cm³/mol. The molecule has 1 aliphatic rings. The van der Waals surface area contributed by atoms with E-state index in [1.807, 2.05) is 19.1 Å². The molecule has 0 bridgehead atoms. The standard InChI is InChI=1S/C13H15N5/c1-9-8-12(16-13(15-9)17-14)18-7-6-10-4-2-3-5-11(10)18/h2-5,8H,6-7,14H2,1H3,(H,15,16,17). The SMILES string of the molecule is Cc1cc(N2CCc3ccccc32)nc(NN)n1. The molecule has 0 amide bonds. The van der Waals surface area contributed by atoms with Crippen molar-refractivity contribution in [2.24, 2.45) is 5.84 Å². The first-order valence-corrected chi connectivity index (χ1v) is 5.95. The van der Waals surface area contributed by atoms with Gasteiger partial charge in [-0.05, 0) is 25.0 Å². The highest BCUT2D eigenvalue weighted by molar-refractivity contribution is 5.68. The number of nitrogens with two attached hydrogens (primary N) is 1. The molecule has 3 N–H and O–H groups in total. The normalized spacial score (nSPS) is 13.6. The van der Waals surface area contributed by atoms with Gasteiger partial charge in [0.15, 0.2) is 0 Å². The number of nitrogens with zero attached hydrogens (tertiary/aromatic N) is 3. The minimum absolute atomic E-state index is 0.453. The first-order valence-electron chi connectivity index (χ1n) is 5.95. The lowest BCUT2D eigenvalue weighted by Crippen LogP contribution is -2.18. The topological polar surface area (TPSA) is 67.1 Å². The fraction of sp³-hybridized carbons (Fsp3) is 0.231. The Hall–Kier alpha value is -2.14.